The third-order valence-electron chi connectivity index (χ3n) is 1.77. The Bertz CT molecular complexity index is 176. The minimum absolute atomic E-state index is 0. The van der Waals surface area contributed by atoms with Gasteiger partial charge in [0.1, 0.15) is 0 Å². The molecule has 0 aromatic heterocycles. The summed E-state index contributed by atoms with van der Waals surface area (Å²) in [5, 5.41) is 0.312. The van der Waals surface area contributed by atoms with Crippen LogP contribution >= 0.6 is 17.1 Å². The first-order valence-electron chi connectivity index (χ1n) is 4.59. The van der Waals surface area contributed by atoms with Gasteiger partial charge in [-0.2, -0.15) is 0 Å². The fraction of sp³-hybridized carbons (Fsp3) is 1.00. The van der Waals surface area contributed by atoms with Crippen molar-refractivity contribution in [2.75, 3.05) is 0 Å². The average Bonchev–Trinajstić information content (AvgIpc) is 2.02. The Morgan fingerprint density at radius 2 is 1.86 bits per heavy atom. The van der Waals surface area contributed by atoms with Gasteiger partial charge in [0.15, 0.2) is 0 Å². The summed E-state index contributed by atoms with van der Waals surface area (Å²) in [4.78, 5) is 11.7. The molecule has 0 aromatic carbocycles. The van der Waals surface area contributed by atoms with E-state index in [4.69, 9.17) is 16.3 Å². The van der Waals surface area contributed by atoms with E-state index in [0.717, 1.165) is 12.8 Å². The molecule has 3 atom stereocenters. The van der Waals surface area contributed by atoms with E-state index in [1.165, 1.54) is 11.4 Å². The molecule has 0 aromatic rings. The third kappa shape index (κ3) is 9.76. The van der Waals surface area contributed by atoms with Crippen molar-refractivity contribution in [1.29, 1.82) is 0 Å². The molecule has 0 spiro atoms. The van der Waals surface area contributed by atoms with Crippen LogP contribution in [0.1, 0.15) is 40.5 Å². The minimum atomic E-state index is -2.84. The maximum Gasteiger partial charge on any atom is 1.00 e. The average molecular weight is 280 g/mol. The first-order valence-corrected chi connectivity index (χ1v) is 8.71. The molecular formula is C8H18KO2PS2. The standard InChI is InChI=1S/C8H19O2PS2.K/c1-5-7(3)10-11(9,12)13-8(4)6-2;/h7-8H,5-6H2,1-4H3,(H,9,12);/q;+1/p-1. The largest absolute Gasteiger partial charge is 1.00 e. The molecule has 0 saturated carbocycles. The number of hydrogen-bond acceptors (Lipinski definition) is 4. The SMILES string of the molecule is CCC(C)OP([O-])(=S)SC(C)CC.[K+]. The van der Waals surface area contributed by atoms with Crippen LogP contribution in [0, 0.1) is 0 Å². The van der Waals surface area contributed by atoms with Gasteiger partial charge >= 0.3 is 51.4 Å². The van der Waals surface area contributed by atoms with Gasteiger partial charge in [0, 0.05) is 10.9 Å². The molecule has 0 amide bonds. The van der Waals surface area contributed by atoms with Crippen LogP contribution in [0.15, 0.2) is 0 Å². The second-order valence-corrected chi connectivity index (χ2v) is 9.43. The van der Waals surface area contributed by atoms with E-state index in [0.29, 0.717) is 5.25 Å². The van der Waals surface area contributed by atoms with Crippen LogP contribution in [-0.2, 0) is 16.3 Å². The van der Waals surface area contributed by atoms with Crippen molar-refractivity contribution in [3.05, 3.63) is 0 Å². The van der Waals surface area contributed by atoms with Crippen LogP contribution in [0.5, 0.6) is 0 Å². The predicted octanol–water partition coefficient (Wildman–Crippen LogP) is -0.0780. The molecule has 0 fully saturated rings. The Kier molecular flexibility index (Phi) is 12.9. The molecule has 0 N–H and O–H groups in total. The monoisotopic (exact) mass is 280 g/mol. The molecule has 0 heterocycles. The summed E-state index contributed by atoms with van der Waals surface area (Å²) >= 11 is 6.22. The summed E-state index contributed by atoms with van der Waals surface area (Å²) < 4.78 is 5.29. The van der Waals surface area contributed by atoms with Gasteiger partial charge in [-0.3, -0.25) is 0 Å². The van der Waals surface area contributed by atoms with Crippen LogP contribution in [0.4, 0.5) is 0 Å². The number of hydrogen-bond donors (Lipinski definition) is 0. The van der Waals surface area contributed by atoms with Gasteiger partial charge in [-0.15, -0.1) is 11.4 Å². The van der Waals surface area contributed by atoms with Crippen LogP contribution in [0.25, 0.3) is 0 Å². The summed E-state index contributed by atoms with van der Waals surface area (Å²) in [5.41, 5.74) is -2.84. The van der Waals surface area contributed by atoms with Crippen molar-refractivity contribution in [3.8, 4) is 0 Å². The molecule has 0 aliphatic carbocycles. The van der Waals surface area contributed by atoms with E-state index in [2.05, 4.69) is 6.92 Å². The molecule has 2 nitrogen and oxygen atoms in total. The van der Waals surface area contributed by atoms with E-state index >= 15 is 0 Å². The van der Waals surface area contributed by atoms with Gasteiger partial charge in [0.25, 0.3) is 0 Å². The van der Waals surface area contributed by atoms with Gasteiger partial charge in [-0.1, -0.05) is 32.6 Å². The molecule has 6 heteroatoms. The topological polar surface area (TPSA) is 32.3 Å². The zero-order valence-electron chi connectivity index (χ0n) is 9.65. The van der Waals surface area contributed by atoms with Gasteiger partial charge in [-0.05, 0) is 19.8 Å². The van der Waals surface area contributed by atoms with Crippen molar-refractivity contribution in [1.82, 2.24) is 0 Å². The predicted molar refractivity (Wildman–Crippen MR) is 62.5 cm³/mol. The minimum Gasteiger partial charge on any atom is -0.793 e. The maximum absolute atomic E-state index is 11.7. The normalized spacial score (nSPS) is 19.2. The molecule has 3 unspecified atom stereocenters. The summed E-state index contributed by atoms with van der Waals surface area (Å²) in [6.45, 7) is 7.96. The van der Waals surface area contributed by atoms with Crippen LogP contribution < -0.4 is 56.3 Å². The van der Waals surface area contributed by atoms with Crippen molar-refractivity contribution >= 4 is 28.9 Å². The van der Waals surface area contributed by atoms with Crippen LogP contribution in [0.2, 0.25) is 0 Å². The molecular weight excluding hydrogens is 262 g/mol. The van der Waals surface area contributed by atoms with Crippen molar-refractivity contribution < 1.29 is 60.8 Å². The Hall–Kier alpha value is 2.56. The fourth-order valence-electron chi connectivity index (χ4n) is 0.615. The van der Waals surface area contributed by atoms with E-state index in [1.54, 1.807) is 0 Å². The third-order valence-corrected chi connectivity index (χ3v) is 6.48. The second kappa shape index (κ2) is 9.57. The molecule has 0 aliphatic heterocycles. The first kappa shape index (κ1) is 18.9. The quantitative estimate of drug-likeness (QED) is 0.503. The summed E-state index contributed by atoms with van der Waals surface area (Å²) in [6, 6.07) is 0. The first-order chi connectivity index (χ1) is 5.91. The Labute approximate surface area is 139 Å². The molecule has 14 heavy (non-hydrogen) atoms. The van der Waals surface area contributed by atoms with Crippen LogP contribution in [-0.4, -0.2) is 11.4 Å². The summed E-state index contributed by atoms with van der Waals surface area (Å²) in [7, 11) is 0. The van der Waals surface area contributed by atoms with Gasteiger partial charge in [0.2, 0.25) is 0 Å². The van der Waals surface area contributed by atoms with Crippen molar-refractivity contribution in [2.45, 2.75) is 51.9 Å². The molecule has 0 bridgehead atoms. The van der Waals surface area contributed by atoms with Gasteiger partial charge in [0.05, 0.1) is 6.10 Å². The van der Waals surface area contributed by atoms with Crippen LogP contribution in [0.3, 0.4) is 0 Å². The van der Waals surface area contributed by atoms with E-state index in [-0.39, 0.29) is 57.5 Å². The van der Waals surface area contributed by atoms with E-state index in [9.17, 15) is 4.89 Å². The van der Waals surface area contributed by atoms with Crippen molar-refractivity contribution in [2.24, 2.45) is 0 Å². The Balaban J connectivity index is 0. The molecule has 0 rings (SSSR count). The Morgan fingerprint density at radius 3 is 2.21 bits per heavy atom. The van der Waals surface area contributed by atoms with Crippen molar-refractivity contribution in [3.63, 3.8) is 0 Å². The zero-order valence-corrected chi connectivity index (χ0v) is 15.3. The molecule has 80 valence electrons. The Morgan fingerprint density at radius 1 is 1.36 bits per heavy atom. The second-order valence-electron chi connectivity index (χ2n) is 3.10. The van der Waals surface area contributed by atoms with Gasteiger partial charge in [-0.25, -0.2) is 0 Å². The molecule has 0 aliphatic rings. The van der Waals surface area contributed by atoms with Gasteiger partial charge < -0.3 is 9.42 Å². The fourth-order valence-corrected chi connectivity index (χ4v) is 5.97. The maximum atomic E-state index is 11.7. The molecule has 0 saturated heterocycles. The van der Waals surface area contributed by atoms with E-state index in [1.807, 2.05) is 20.8 Å². The smallest absolute Gasteiger partial charge is 0.793 e. The zero-order chi connectivity index (χ0) is 10.5. The number of rotatable bonds is 6. The summed E-state index contributed by atoms with van der Waals surface area (Å²) in [5.74, 6) is 0. The molecule has 0 radical (unpaired) electrons. The summed E-state index contributed by atoms with van der Waals surface area (Å²) in [6.07, 6.45) is 1.82. The van der Waals surface area contributed by atoms with E-state index < -0.39 is 5.69 Å².